The van der Waals surface area contributed by atoms with Crippen LogP contribution in [0.1, 0.15) is 28.9 Å². The topological polar surface area (TPSA) is 35.5 Å². The first kappa shape index (κ1) is 17.4. The van der Waals surface area contributed by atoms with E-state index in [0.29, 0.717) is 12.2 Å². The Kier molecular flexibility index (Phi) is 6.56. The van der Waals surface area contributed by atoms with Crippen molar-refractivity contribution in [1.82, 2.24) is 0 Å². The van der Waals surface area contributed by atoms with Crippen LogP contribution in [0, 0.1) is 0 Å². The molecule has 2 atom stereocenters. The fraction of sp³-hybridized carbons (Fsp3) is 0.211. The van der Waals surface area contributed by atoms with Gasteiger partial charge in [0.2, 0.25) is 0 Å². The van der Waals surface area contributed by atoms with Gasteiger partial charge in [0, 0.05) is 11.1 Å². The summed E-state index contributed by atoms with van der Waals surface area (Å²) in [7, 11) is 0. The largest absolute Gasteiger partial charge is 0.451 e. The second-order valence-electron chi connectivity index (χ2n) is 4.90. The maximum absolute atomic E-state index is 12.4. The summed E-state index contributed by atoms with van der Waals surface area (Å²) < 4.78 is 12.3. The van der Waals surface area contributed by atoms with Crippen LogP contribution in [0.4, 0.5) is 0 Å². The molecule has 2 rings (SSSR count). The van der Waals surface area contributed by atoms with Crippen LogP contribution in [0.3, 0.4) is 0 Å². The molecule has 0 saturated carbocycles. The summed E-state index contributed by atoms with van der Waals surface area (Å²) in [4.78, 5) is 12.4. The number of ether oxygens (including phenoxy) is 2. The fourth-order valence-electron chi connectivity index (χ4n) is 2.21. The lowest BCUT2D eigenvalue weighted by Gasteiger charge is -2.25. The van der Waals surface area contributed by atoms with Crippen LogP contribution in [-0.4, -0.2) is 18.7 Å². The predicted molar refractivity (Wildman–Crippen MR) is 94.4 cm³/mol. The van der Waals surface area contributed by atoms with Crippen LogP contribution in [-0.2, 0) is 9.47 Å². The van der Waals surface area contributed by atoms with Crippen molar-refractivity contribution in [3.63, 3.8) is 0 Å². The van der Waals surface area contributed by atoms with E-state index in [1.807, 2.05) is 37.3 Å². The van der Waals surface area contributed by atoms with Crippen LogP contribution >= 0.6 is 15.9 Å². The molecular weight excluding hydrogens is 356 g/mol. The average molecular weight is 375 g/mol. The number of carbonyl (C=O) groups excluding carboxylic acids is 1. The van der Waals surface area contributed by atoms with Gasteiger partial charge in [-0.05, 0) is 36.8 Å². The molecule has 23 heavy (non-hydrogen) atoms. The number of rotatable bonds is 7. The van der Waals surface area contributed by atoms with E-state index in [1.54, 1.807) is 30.3 Å². The zero-order valence-corrected chi connectivity index (χ0v) is 14.5. The van der Waals surface area contributed by atoms with E-state index in [-0.39, 0.29) is 5.97 Å². The molecule has 0 amide bonds. The Morgan fingerprint density at radius 3 is 2.39 bits per heavy atom. The van der Waals surface area contributed by atoms with Crippen molar-refractivity contribution in [1.29, 1.82) is 0 Å². The maximum Gasteiger partial charge on any atom is 0.338 e. The lowest BCUT2D eigenvalue weighted by atomic mass is 10.0. The second-order valence-corrected chi connectivity index (χ2v) is 5.81. The lowest BCUT2D eigenvalue weighted by molar-refractivity contribution is -0.0310. The van der Waals surface area contributed by atoms with Crippen LogP contribution in [0.5, 0.6) is 0 Å². The Morgan fingerprint density at radius 1 is 1.17 bits per heavy atom. The summed E-state index contributed by atoms with van der Waals surface area (Å²) in [6, 6.07) is 16.5. The molecule has 0 N–H and O–H groups in total. The smallest absolute Gasteiger partial charge is 0.338 e. The van der Waals surface area contributed by atoms with E-state index in [1.165, 1.54) is 0 Å². The van der Waals surface area contributed by atoms with Crippen LogP contribution in [0.2, 0.25) is 0 Å². The highest BCUT2D eigenvalue weighted by Crippen LogP contribution is 2.27. The maximum atomic E-state index is 12.4. The number of carbonyl (C=O) groups is 1. The minimum Gasteiger partial charge on any atom is -0.451 e. The molecule has 2 aromatic carbocycles. The Labute approximate surface area is 145 Å². The molecule has 0 aliphatic rings. The third-order valence-electron chi connectivity index (χ3n) is 3.33. The Balaban J connectivity index is 2.27. The standard InChI is InChI=1S/C19H19BrO3/c1-3-17(22-4-2)18(14-10-12-16(20)13-11-14)23-19(21)15-8-6-5-7-9-15/h3,5-13,17-18H,1,4H2,2H3. The molecule has 0 aliphatic heterocycles. The minimum absolute atomic E-state index is 0.384. The quantitative estimate of drug-likeness (QED) is 0.508. The van der Waals surface area contributed by atoms with Crippen LogP contribution in [0.25, 0.3) is 0 Å². The lowest BCUT2D eigenvalue weighted by Crippen LogP contribution is -2.25. The summed E-state index contributed by atoms with van der Waals surface area (Å²) in [5.41, 5.74) is 1.37. The van der Waals surface area contributed by atoms with Gasteiger partial charge in [0.05, 0.1) is 5.56 Å². The van der Waals surface area contributed by atoms with Gasteiger partial charge < -0.3 is 9.47 Å². The first-order valence-electron chi connectivity index (χ1n) is 7.41. The molecule has 120 valence electrons. The molecule has 0 spiro atoms. The summed E-state index contributed by atoms with van der Waals surface area (Å²) in [5.74, 6) is -0.384. The van der Waals surface area contributed by atoms with Gasteiger partial charge in [-0.15, -0.1) is 6.58 Å². The number of esters is 1. The summed E-state index contributed by atoms with van der Waals surface area (Å²) in [6.07, 6.45) is 0.705. The van der Waals surface area contributed by atoms with Crippen molar-refractivity contribution in [2.24, 2.45) is 0 Å². The van der Waals surface area contributed by atoms with Gasteiger partial charge in [0.1, 0.15) is 6.10 Å². The van der Waals surface area contributed by atoms with Crippen molar-refractivity contribution < 1.29 is 14.3 Å². The molecule has 2 aromatic rings. The summed E-state index contributed by atoms with van der Waals surface area (Å²) in [5, 5.41) is 0. The molecule has 4 heteroatoms. The van der Waals surface area contributed by atoms with Crippen LogP contribution in [0.15, 0.2) is 71.7 Å². The van der Waals surface area contributed by atoms with Crippen LogP contribution < -0.4 is 0 Å². The Bertz CT molecular complexity index is 637. The van der Waals surface area contributed by atoms with Gasteiger partial charge in [-0.25, -0.2) is 4.79 Å². The second kappa shape index (κ2) is 8.65. The highest BCUT2D eigenvalue weighted by Gasteiger charge is 2.26. The molecule has 0 heterocycles. The number of hydrogen-bond acceptors (Lipinski definition) is 3. The number of hydrogen-bond donors (Lipinski definition) is 0. The molecule has 0 bridgehead atoms. The van der Waals surface area contributed by atoms with Gasteiger partial charge in [-0.3, -0.25) is 0 Å². The van der Waals surface area contributed by atoms with Crippen molar-refractivity contribution in [3.05, 3.63) is 82.9 Å². The summed E-state index contributed by atoms with van der Waals surface area (Å²) >= 11 is 3.41. The fourth-order valence-corrected chi connectivity index (χ4v) is 2.47. The molecule has 0 fully saturated rings. The molecule has 2 unspecified atom stereocenters. The van der Waals surface area contributed by atoms with E-state index in [2.05, 4.69) is 22.5 Å². The zero-order chi connectivity index (χ0) is 16.7. The third-order valence-corrected chi connectivity index (χ3v) is 3.86. The number of halogens is 1. The third kappa shape index (κ3) is 4.78. The van der Waals surface area contributed by atoms with Gasteiger partial charge >= 0.3 is 5.97 Å². The molecule has 3 nitrogen and oxygen atoms in total. The predicted octanol–water partition coefficient (Wildman–Crippen LogP) is 4.94. The van der Waals surface area contributed by atoms with E-state index in [0.717, 1.165) is 10.0 Å². The first-order chi connectivity index (χ1) is 11.2. The summed E-state index contributed by atoms with van der Waals surface area (Å²) in [6.45, 7) is 6.20. The molecule has 0 aliphatic carbocycles. The van der Waals surface area contributed by atoms with Gasteiger partial charge in [-0.2, -0.15) is 0 Å². The first-order valence-corrected chi connectivity index (χ1v) is 8.20. The van der Waals surface area contributed by atoms with Crippen molar-refractivity contribution in [2.75, 3.05) is 6.61 Å². The highest BCUT2D eigenvalue weighted by molar-refractivity contribution is 9.10. The van der Waals surface area contributed by atoms with Gasteiger partial charge in [0.15, 0.2) is 6.10 Å². The Hall–Kier alpha value is -1.91. The minimum atomic E-state index is -0.548. The van der Waals surface area contributed by atoms with Crippen molar-refractivity contribution in [3.8, 4) is 0 Å². The Morgan fingerprint density at radius 2 is 1.83 bits per heavy atom. The van der Waals surface area contributed by atoms with E-state index in [4.69, 9.17) is 9.47 Å². The van der Waals surface area contributed by atoms with E-state index < -0.39 is 12.2 Å². The SMILES string of the molecule is C=CC(OCC)C(OC(=O)c1ccccc1)c1ccc(Br)cc1. The molecule has 0 saturated heterocycles. The van der Waals surface area contributed by atoms with Gasteiger partial charge in [-0.1, -0.05) is 52.3 Å². The van der Waals surface area contributed by atoms with Crippen molar-refractivity contribution in [2.45, 2.75) is 19.1 Å². The monoisotopic (exact) mass is 374 g/mol. The highest BCUT2D eigenvalue weighted by atomic mass is 79.9. The number of benzene rings is 2. The van der Waals surface area contributed by atoms with E-state index in [9.17, 15) is 4.79 Å². The van der Waals surface area contributed by atoms with Crippen molar-refractivity contribution >= 4 is 21.9 Å². The normalized spacial score (nSPS) is 13.1. The van der Waals surface area contributed by atoms with Gasteiger partial charge in [0.25, 0.3) is 0 Å². The molecule has 0 radical (unpaired) electrons. The van der Waals surface area contributed by atoms with E-state index >= 15 is 0 Å². The average Bonchev–Trinajstić information content (AvgIpc) is 2.59. The molecule has 0 aromatic heterocycles. The molecular formula is C19H19BrO3. The zero-order valence-electron chi connectivity index (χ0n) is 12.9.